The quantitative estimate of drug-likeness (QED) is 0.723. The smallest absolute Gasteiger partial charge is 0.327 e. The number of carbonyl (C=O) groups excluding carboxylic acids is 1. The normalized spacial score (nSPS) is 13.1. The summed E-state index contributed by atoms with van der Waals surface area (Å²) in [5, 5.41) is 15.2. The third-order valence-corrected chi connectivity index (χ3v) is 1.76. The van der Waals surface area contributed by atoms with E-state index < -0.39 is 11.9 Å². The average molecular weight is 242 g/mol. The fourth-order valence-electron chi connectivity index (χ4n) is 0.946. The molecule has 0 aromatic carbocycles. The molecule has 0 atom stereocenters. The van der Waals surface area contributed by atoms with E-state index in [0.29, 0.717) is 5.78 Å². The van der Waals surface area contributed by atoms with Crippen LogP contribution in [0.15, 0.2) is 25.3 Å². The molecule has 1 rings (SSSR count). The summed E-state index contributed by atoms with van der Waals surface area (Å²) in [6.07, 6.45) is 6.91. The van der Waals surface area contributed by atoms with Crippen LogP contribution in [0.1, 0.15) is 32.1 Å². The van der Waals surface area contributed by atoms with Crippen molar-refractivity contribution in [2.24, 2.45) is 0 Å². The summed E-state index contributed by atoms with van der Waals surface area (Å²) in [6, 6.07) is 0. The highest BCUT2D eigenvalue weighted by Crippen LogP contribution is 2.12. The van der Waals surface area contributed by atoms with Gasteiger partial charge in [0.05, 0.1) is 0 Å². The fourth-order valence-corrected chi connectivity index (χ4v) is 0.946. The maximum absolute atomic E-state index is 10.5. The molecular formula is C12H18O5. The number of carbonyl (C=O) groups is 3. The Morgan fingerprint density at radius 2 is 1.24 bits per heavy atom. The molecule has 0 saturated heterocycles. The van der Waals surface area contributed by atoms with Gasteiger partial charge in [-0.2, -0.15) is 0 Å². The highest BCUT2D eigenvalue weighted by Gasteiger charge is 2.05. The first-order chi connectivity index (χ1) is 7.93. The molecule has 17 heavy (non-hydrogen) atoms. The summed E-state index contributed by atoms with van der Waals surface area (Å²) in [7, 11) is 0. The van der Waals surface area contributed by atoms with E-state index in [2.05, 4.69) is 13.2 Å². The van der Waals surface area contributed by atoms with Gasteiger partial charge in [-0.05, 0) is 12.8 Å². The van der Waals surface area contributed by atoms with Crippen molar-refractivity contribution in [2.45, 2.75) is 32.1 Å². The van der Waals surface area contributed by atoms with Gasteiger partial charge in [-0.25, -0.2) is 9.59 Å². The summed E-state index contributed by atoms with van der Waals surface area (Å²) in [5.41, 5.74) is 0. The molecule has 0 bridgehead atoms. The summed E-state index contributed by atoms with van der Waals surface area (Å²) in [5.74, 6) is -1.50. The van der Waals surface area contributed by atoms with E-state index in [-0.39, 0.29) is 0 Å². The van der Waals surface area contributed by atoms with E-state index in [1.807, 2.05) is 0 Å². The molecule has 5 nitrogen and oxygen atoms in total. The first-order valence-corrected chi connectivity index (χ1v) is 5.16. The Hall–Kier alpha value is -1.91. The second kappa shape index (κ2) is 12.2. The van der Waals surface area contributed by atoms with Gasteiger partial charge in [0, 0.05) is 25.0 Å². The van der Waals surface area contributed by atoms with Crippen LogP contribution in [0.25, 0.3) is 0 Å². The Balaban J connectivity index is 0. The van der Waals surface area contributed by atoms with Crippen LogP contribution >= 0.6 is 0 Å². The topological polar surface area (TPSA) is 91.7 Å². The lowest BCUT2D eigenvalue weighted by Crippen LogP contribution is -2.02. The zero-order chi connectivity index (χ0) is 13.7. The number of carboxylic acid groups (broad SMARTS) is 2. The maximum Gasteiger partial charge on any atom is 0.327 e. The zero-order valence-electron chi connectivity index (χ0n) is 9.72. The van der Waals surface area contributed by atoms with Gasteiger partial charge < -0.3 is 10.2 Å². The standard InChI is InChI=1S/C6H10O.2C3H4O2/c7-6-4-2-1-3-5-6;2*1-2-3(4)5/h1-5H2;2*2H,1H2,(H,4,5). The Kier molecular flexibility index (Phi) is 12.5. The summed E-state index contributed by atoms with van der Waals surface area (Å²) in [6.45, 7) is 5.92. The Morgan fingerprint density at radius 1 is 0.941 bits per heavy atom. The molecule has 0 aliphatic heterocycles. The van der Waals surface area contributed by atoms with Gasteiger partial charge in [-0.15, -0.1) is 0 Å². The lowest BCUT2D eigenvalue weighted by Gasteiger charge is -2.05. The Bertz CT molecular complexity index is 255. The highest BCUT2D eigenvalue weighted by atomic mass is 16.4. The first-order valence-electron chi connectivity index (χ1n) is 5.16. The number of hydrogen-bond donors (Lipinski definition) is 2. The van der Waals surface area contributed by atoms with Crippen molar-refractivity contribution in [1.82, 2.24) is 0 Å². The molecule has 0 heterocycles. The molecule has 0 amide bonds. The van der Waals surface area contributed by atoms with Gasteiger partial charge in [0.1, 0.15) is 5.78 Å². The van der Waals surface area contributed by atoms with Crippen LogP contribution in [0.2, 0.25) is 0 Å². The van der Waals surface area contributed by atoms with Crippen LogP contribution < -0.4 is 0 Å². The molecule has 0 unspecified atom stereocenters. The van der Waals surface area contributed by atoms with E-state index in [1.54, 1.807) is 0 Å². The van der Waals surface area contributed by atoms with Crippen molar-refractivity contribution >= 4 is 17.7 Å². The number of ketones is 1. The van der Waals surface area contributed by atoms with Crippen LogP contribution in [-0.2, 0) is 14.4 Å². The monoisotopic (exact) mass is 242 g/mol. The van der Waals surface area contributed by atoms with Gasteiger partial charge in [0.15, 0.2) is 0 Å². The lowest BCUT2D eigenvalue weighted by molar-refractivity contribution is -0.132. The molecule has 0 spiro atoms. The molecule has 0 aromatic heterocycles. The molecule has 0 aromatic rings. The van der Waals surface area contributed by atoms with E-state index in [0.717, 1.165) is 37.8 Å². The predicted octanol–water partition coefficient (Wildman–Crippen LogP) is 2.03. The molecule has 1 aliphatic rings. The van der Waals surface area contributed by atoms with Crippen molar-refractivity contribution < 1.29 is 24.6 Å². The van der Waals surface area contributed by atoms with E-state index in [4.69, 9.17) is 10.2 Å². The third kappa shape index (κ3) is 20.2. The van der Waals surface area contributed by atoms with Crippen molar-refractivity contribution in [3.63, 3.8) is 0 Å². The molecule has 1 saturated carbocycles. The predicted molar refractivity (Wildman–Crippen MR) is 63.8 cm³/mol. The molecular weight excluding hydrogens is 224 g/mol. The molecule has 1 aliphatic carbocycles. The minimum Gasteiger partial charge on any atom is -0.478 e. The van der Waals surface area contributed by atoms with Crippen molar-refractivity contribution in [3.05, 3.63) is 25.3 Å². The Labute approximate surface area is 100 Å². The number of carboxylic acids is 2. The number of rotatable bonds is 2. The van der Waals surface area contributed by atoms with Crippen molar-refractivity contribution in [1.29, 1.82) is 0 Å². The van der Waals surface area contributed by atoms with Gasteiger partial charge in [0.2, 0.25) is 0 Å². The van der Waals surface area contributed by atoms with Crippen LogP contribution in [0.4, 0.5) is 0 Å². The highest BCUT2D eigenvalue weighted by molar-refractivity contribution is 5.79. The molecule has 0 radical (unpaired) electrons. The van der Waals surface area contributed by atoms with Crippen LogP contribution in [-0.4, -0.2) is 27.9 Å². The van der Waals surface area contributed by atoms with Gasteiger partial charge in [0.25, 0.3) is 0 Å². The second-order valence-electron chi connectivity index (χ2n) is 3.18. The van der Waals surface area contributed by atoms with Gasteiger partial charge in [-0.1, -0.05) is 19.6 Å². The largest absolute Gasteiger partial charge is 0.478 e. The maximum atomic E-state index is 10.5. The summed E-state index contributed by atoms with van der Waals surface area (Å²) < 4.78 is 0. The molecule has 2 N–H and O–H groups in total. The fraction of sp³-hybridized carbons (Fsp3) is 0.417. The zero-order valence-corrected chi connectivity index (χ0v) is 9.72. The van der Waals surface area contributed by atoms with Crippen LogP contribution in [0.3, 0.4) is 0 Å². The summed E-state index contributed by atoms with van der Waals surface area (Å²) in [4.78, 5) is 29.0. The van der Waals surface area contributed by atoms with E-state index in [1.165, 1.54) is 6.42 Å². The number of aliphatic carboxylic acids is 2. The molecule has 96 valence electrons. The lowest BCUT2D eigenvalue weighted by atomic mass is 10.00. The van der Waals surface area contributed by atoms with Gasteiger partial charge in [-0.3, -0.25) is 4.79 Å². The first kappa shape index (κ1) is 17.5. The summed E-state index contributed by atoms with van der Waals surface area (Å²) >= 11 is 0. The van der Waals surface area contributed by atoms with E-state index >= 15 is 0 Å². The van der Waals surface area contributed by atoms with Crippen molar-refractivity contribution in [2.75, 3.05) is 0 Å². The van der Waals surface area contributed by atoms with Crippen LogP contribution in [0, 0.1) is 0 Å². The molecule has 1 fully saturated rings. The minimum absolute atomic E-state index is 0.464. The molecule has 5 heteroatoms. The second-order valence-corrected chi connectivity index (χ2v) is 3.18. The minimum atomic E-state index is -0.981. The SMILES string of the molecule is C=CC(=O)O.C=CC(=O)O.O=C1CCCCC1. The third-order valence-electron chi connectivity index (χ3n) is 1.76. The van der Waals surface area contributed by atoms with E-state index in [9.17, 15) is 14.4 Å². The Morgan fingerprint density at radius 3 is 1.35 bits per heavy atom. The van der Waals surface area contributed by atoms with Crippen molar-refractivity contribution in [3.8, 4) is 0 Å². The number of hydrogen-bond acceptors (Lipinski definition) is 3. The number of Topliss-reactive ketones (excluding diaryl/α,β-unsaturated/α-hetero) is 1. The van der Waals surface area contributed by atoms with Gasteiger partial charge >= 0.3 is 11.9 Å². The average Bonchev–Trinajstić information content (AvgIpc) is 2.31. The van der Waals surface area contributed by atoms with Crippen LogP contribution in [0.5, 0.6) is 0 Å².